The molecule has 0 N–H and O–H groups in total. The molecule has 1 aliphatic heterocycles. The SMILES string of the molecule is COC1=CC(=O)C=C[C@]12N(C)C(=O)CC21C=CC(=O)C=C1. The van der Waals surface area contributed by atoms with Crippen molar-refractivity contribution < 1.29 is 19.1 Å². The number of likely N-dealkylation sites (N-methyl/N-ethyl adjacent to an activating group) is 1. The maximum absolute atomic E-state index is 12.3. The van der Waals surface area contributed by atoms with Gasteiger partial charge in [0.1, 0.15) is 11.3 Å². The molecule has 0 unspecified atom stereocenters. The fourth-order valence-electron chi connectivity index (χ4n) is 3.41. The molecular weight excluding hydrogens is 270 g/mol. The van der Waals surface area contributed by atoms with Gasteiger partial charge in [-0.2, -0.15) is 0 Å². The van der Waals surface area contributed by atoms with Crippen molar-refractivity contribution in [3.8, 4) is 0 Å². The molecule has 0 aromatic heterocycles. The highest BCUT2D eigenvalue weighted by Gasteiger charge is 2.62. The van der Waals surface area contributed by atoms with E-state index in [0.29, 0.717) is 5.76 Å². The average Bonchev–Trinajstić information content (AvgIpc) is 2.67. The lowest BCUT2D eigenvalue weighted by atomic mass is 9.65. The third-order valence-corrected chi connectivity index (χ3v) is 4.50. The smallest absolute Gasteiger partial charge is 0.224 e. The summed E-state index contributed by atoms with van der Waals surface area (Å²) in [5.74, 6) is 0.0457. The molecule has 0 bridgehead atoms. The Morgan fingerprint density at radius 1 is 1.05 bits per heavy atom. The van der Waals surface area contributed by atoms with Crippen molar-refractivity contribution in [2.75, 3.05) is 14.2 Å². The summed E-state index contributed by atoms with van der Waals surface area (Å²) in [6, 6.07) is 0. The molecule has 1 heterocycles. The zero-order valence-corrected chi connectivity index (χ0v) is 11.8. The number of carbonyl (C=O) groups excluding carboxylic acids is 3. The van der Waals surface area contributed by atoms with E-state index >= 15 is 0 Å². The minimum absolute atomic E-state index is 0.0689. The Hall–Kier alpha value is -2.43. The van der Waals surface area contributed by atoms with Gasteiger partial charge in [0, 0.05) is 19.5 Å². The minimum Gasteiger partial charge on any atom is -0.498 e. The van der Waals surface area contributed by atoms with Crippen LogP contribution in [0.25, 0.3) is 0 Å². The standard InChI is InChI=1S/C16H15NO4/c1-17-14(20)10-15(6-3-11(18)4-7-15)16(17)8-5-12(19)9-13(16)21-2/h3-9H,10H2,1-2H3/t16-/m0/s1. The van der Waals surface area contributed by atoms with Gasteiger partial charge in [-0.3, -0.25) is 14.4 Å². The third-order valence-electron chi connectivity index (χ3n) is 4.50. The summed E-state index contributed by atoms with van der Waals surface area (Å²) in [5.41, 5.74) is -1.62. The molecule has 0 saturated carbocycles. The van der Waals surface area contributed by atoms with Crippen molar-refractivity contribution in [1.29, 1.82) is 0 Å². The fraction of sp³-hybridized carbons (Fsp3) is 0.312. The molecule has 5 heteroatoms. The van der Waals surface area contributed by atoms with Crippen LogP contribution < -0.4 is 0 Å². The molecule has 5 nitrogen and oxygen atoms in total. The number of ketones is 2. The molecule has 1 amide bonds. The fourth-order valence-corrected chi connectivity index (χ4v) is 3.41. The van der Waals surface area contributed by atoms with E-state index in [0.717, 1.165) is 0 Å². The van der Waals surface area contributed by atoms with Crippen LogP contribution in [0.3, 0.4) is 0 Å². The Kier molecular flexibility index (Phi) is 2.76. The van der Waals surface area contributed by atoms with Crippen molar-refractivity contribution in [2.24, 2.45) is 5.41 Å². The van der Waals surface area contributed by atoms with E-state index in [-0.39, 0.29) is 23.9 Å². The molecule has 0 aromatic carbocycles. The van der Waals surface area contributed by atoms with Gasteiger partial charge in [-0.25, -0.2) is 0 Å². The highest BCUT2D eigenvalue weighted by molar-refractivity contribution is 6.04. The summed E-state index contributed by atoms with van der Waals surface area (Å²) < 4.78 is 5.41. The number of nitrogens with zero attached hydrogens (tertiary/aromatic N) is 1. The predicted molar refractivity (Wildman–Crippen MR) is 75.1 cm³/mol. The number of methoxy groups -OCH3 is 1. The highest BCUT2D eigenvalue weighted by atomic mass is 16.5. The zero-order valence-electron chi connectivity index (χ0n) is 11.8. The molecule has 21 heavy (non-hydrogen) atoms. The molecule has 108 valence electrons. The Morgan fingerprint density at radius 2 is 1.67 bits per heavy atom. The lowest BCUT2D eigenvalue weighted by molar-refractivity contribution is -0.129. The Balaban J connectivity index is 2.24. The van der Waals surface area contributed by atoms with Crippen molar-refractivity contribution >= 4 is 17.5 Å². The first-order chi connectivity index (χ1) is 9.95. The number of ether oxygens (including phenoxy) is 1. The van der Waals surface area contributed by atoms with Crippen LogP contribution in [0.2, 0.25) is 0 Å². The van der Waals surface area contributed by atoms with Crippen LogP contribution in [-0.2, 0) is 19.1 Å². The molecular formula is C16H15NO4. The van der Waals surface area contributed by atoms with Gasteiger partial charge in [-0.05, 0) is 24.3 Å². The van der Waals surface area contributed by atoms with Crippen molar-refractivity contribution in [3.05, 3.63) is 48.3 Å². The molecule has 2 spiro atoms. The molecule has 0 aromatic rings. The van der Waals surface area contributed by atoms with Crippen molar-refractivity contribution in [1.82, 2.24) is 4.90 Å². The maximum atomic E-state index is 12.3. The molecule has 1 fully saturated rings. The van der Waals surface area contributed by atoms with Crippen LogP contribution >= 0.6 is 0 Å². The second kappa shape index (κ2) is 4.28. The monoisotopic (exact) mass is 285 g/mol. The van der Waals surface area contributed by atoms with Crippen LogP contribution in [0.1, 0.15) is 6.42 Å². The lowest BCUT2D eigenvalue weighted by Gasteiger charge is -2.45. The zero-order chi connectivity index (χ0) is 15.3. The summed E-state index contributed by atoms with van der Waals surface area (Å²) in [7, 11) is 3.16. The normalized spacial score (nSPS) is 29.7. The topological polar surface area (TPSA) is 63.7 Å². The Morgan fingerprint density at radius 3 is 2.29 bits per heavy atom. The Bertz CT molecular complexity index is 652. The van der Waals surface area contributed by atoms with Crippen LogP contribution in [-0.4, -0.2) is 42.1 Å². The van der Waals surface area contributed by atoms with Gasteiger partial charge in [-0.1, -0.05) is 12.2 Å². The molecule has 2 aliphatic carbocycles. The van der Waals surface area contributed by atoms with E-state index in [1.807, 2.05) is 0 Å². The molecule has 1 atom stereocenters. The number of likely N-dealkylation sites (tertiary alicyclic amines) is 1. The number of amides is 1. The quantitative estimate of drug-likeness (QED) is 0.719. The van der Waals surface area contributed by atoms with E-state index < -0.39 is 11.0 Å². The number of carbonyl (C=O) groups is 3. The van der Waals surface area contributed by atoms with Gasteiger partial charge in [0.2, 0.25) is 5.91 Å². The van der Waals surface area contributed by atoms with Gasteiger partial charge < -0.3 is 9.64 Å². The summed E-state index contributed by atoms with van der Waals surface area (Å²) in [5, 5.41) is 0. The van der Waals surface area contributed by atoms with E-state index in [1.165, 1.54) is 31.4 Å². The van der Waals surface area contributed by atoms with E-state index in [1.54, 1.807) is 30.2 Å². The summed E-state index contributed by atoms with van der Waals surface area (Å²) in [6.07, 6.45) is 11.2. The summed E-state index contributed by atoms with van der Waals surface area (Å²) in [6.45, 7) is 0. The molecule has 0 radical (unpaired) electrons. The average molecular weight is 285 g/mol. The van der Waals surface area contributed by atoms with E-state index in [2.05, 4.69) is 0 Å². The lowest BCUT2D eigenvalue weighted by Crippen LogP contribution is -2.53. The highest BCUT2D eigenvalue weighted by Crippen LogP contribution is 2.54. The van der Waals surface area contributed by atoms with Gasteiger partial charge in [-0.15, -0.1) is 0 Å². The largest absolute Gasteiger partial charge is 0.498 e. The van der Waals surface area contributed by atoms with Crippen molar-refractivity contribution in [2.45, 2.75) is 12.0 Å². The van der Waals surface area contributed by atoms with Gasteiger partial charge in [0.25, 0.3) is 0 Å². The van der Waals surface area contributed by atoms with E-state index in [4.69, 9.17) is 4.74 Å². The van der Waals surface area contributed by atoms with Gasteiger partial charge >= 0.3 is 0 Å². The maximum Gasteiger partial charge on any atom is 0.224 e. The third kappa shape index (κ3) is 1.60. The number of hydrogen-bond acceptors (Lipinski definition) is 4. The molecule has 3 aliphatic rings. The first kappa shape index (κ1) is 13.5. The first-order valence-electron chi connectivity index (χ1n) is 6.64. The summed E-state index contributed by atoms with van der Waals surface area (Å²) >= 11 is 0. The van der Waals surface area contributed by atoms with E-state index in [9.17, 15) is 14.4 Å². The van der Waals surface area contributed by atoms with Crippen LogP contribution in [0.15, 0.2) is 48.3 Å². The van der Waals surface area contributed by atoms with Crippen molar-refractivity contribution in [3.63, 3.8) is 0 Å². The number of rotatable bonds is 1. The number of hydrogen-bond donors (Lipinski definition) is 0. The predicted octanol–water partition coefficient (Wildman–Crippen LogP) is 0.938. The second-order valence-corrected chi connectivity index (χ2v) is 5.45. The molecule has 1 saturated heterocycles. The minimum atomic E-state index is -0.902. The van der Waals surface area contributed by atoms with Gasteiger partial charge in [0.05, 0.1) is 12.5 Å². The first-order valence-corrected chi connectivity index (χ1v) is 6.64. The number of allylic oxidation sites excluding steroid dienone is 4. The van der Waals surface area contributed by atoms with Crippen LogP contribution in [0, 0.1) is 5.41 Å². The second-order valence-electron chi connectivity index (χ2n) is 5.45. The summed E-state index contributed by atoms with van der Waals surface area (Å²) in [4.78, 5) is 37.0. The number of fused-ring (bicyclic) bond motifs is 1. The van der Waals surface area contributed by atoms with Gasteiger partial charge in [0.15, 0.2) is 11.6 Å². The van der Waals surface area contributed by atoms with Crippen LogP contribution in [0.5, 0.6) is 0 Å². The van der Waals surface area contributed by atoms with Crippen LogP contribution in [0.4, 0.5) is 0 Å². The molecule has 3 rings (SSSR count). The Labute approximate surface area is 122 Å².